The highest BCUT2D eigenvalue weighted by Crippen LogP contribution is 2.58. The first-order valence-corrected chi connectivity index (χ1v) is 21.2. The smallest absolute Gasteiger partial charge is 0.143 e. The van der Waals surface area contributed by atoms with E-state index in [0.29, 0.717) is 0 Å². The van der Waals surface area contributed by atoms with Gasteiger partial charge in [0.15, 0.2) is 0 Å². The Morgan fingerprint density at radius 2 is 0.887 bits per heavy atom. The Morgan fingerprint density at radius 1 is 0.339 bits per heavy atom. The van der Waals surface area contributed by atoms with Crippen LogP contribution in [0.4, 0.5) is 17.1 Å². The lowest BCUT2D eigenvalue weighted by atomic mass is 9.67. The number of fused-ring (bicyclic) bond motifs is 10. The van der Waals surface area contributed by atoms with Gasteiger partial charge < -0.3 is 13.7 Å². The summed E-state index contributed by atoms with van der Waals surface area (Å²) in [6.45, 7) is 0. The van der Waals surface area contributed by atoms with Gasteiger partial charge in [-0.2, -0.15) is 0 Å². The minimum atomic E-state index is -0.643. The van der Waals surface area contributed by atoms with Gasteiger partial charge in [-0.05, 0) is 98.9 Å². The van der Waals surface area contributed by atoms with E-state index in [0.717, 1.165) is 72.1 Å². The topological polar surface area (TPSA) is 29.5 Å². The molecule has 2 aromatic heterocycles. The molecule has 62 heavy (non-hydrogen) atoms. The summed E-state index contributed by atoms with van der Waals surface area (Å²) in [5.74, 6) is 0. The van der Waals surface area contributed by atoms with Crippen molar-refractivity contribution in [2.75, 3.05) is 4.90 Å². The molecule has 1 aliphatic rings. The summed E-state index contributed by atoms with van der Waals surface area (Å²) in [7, 11) is 0. The first-order chi connectivity index (χ1) is 30.7. The third-order valence-electron chi connectivity index (χ3n) is 13.1. The van der Waals surface area contributed by atoms with E-state index in [4.69, 9.17) is 8.83 Å². The fourth-order valence-corrected chi connectivity index (χ4v) is 10.4. The predicted octanol–water partition coefficient (Wildman–Crippen LogP) is 16.1. The average molecular weight is 792 g/mol. The second-order valence-corrected chi connectivity index (χ2v) is 16.4. The molecule has 3 heteroatoms. The van der Waals surface area contributed by atoms with Crippen LogP contribution >= 0.6 is 0 Å². The van der Waals surface area contributed by atoms with E-state index in [9.17, 15) is 0 Å². The third kappa shape index (κ3) is 5.00. The summed E-state index contributed by atoms with van der Waals surface area (Å²) < 4.78 is 13.0. The van der Waals surface area contributed by atoms with Crippen LogP contribution in [0, 0.1) is 0 Å². The highest BCUT2D eigenvalue weighted by Gasteiger charge is 2.46. The third-order valence-corrected chi connectivity index (χ3v) is 13.1. The molecule has 0 saturated carbocycles. The Labute approximate surface area is 358 Å². The van der Waals surface area contributed by atoms with Crippen LogP contribution in [-0.2, 0) is 5.41 Å². The number of nitrogens with zero attached hydrogens (tertiary/aromatic N) is 1. The normalized spacial score (nSPS) is 13.0. The Bertz CT molecular complexity index is 3660. The Morgan fingerprint density at radius 3 is 1.66 bits per heavy atom. The molecule has 0 atom stereocenters. The minimum absolute atomic E-state index is 0.643. The SMILES string of the molecule is c1ccc(C2(c3ccccc3)c3cc(-c4cccc5c4oc4ccccc45)ccc3-c3ccc(N(c4ccc5oc6ccccc6c5c4)c4cccc5ccccc45)cc32)cc1. The highest BCUT2D eigenvalue weighted by molar-refractivity contribution is 6.10. The zero-order chi connectivity index (χ0) is 40.8. The van der Waals surface area contributed by atoms with E-state index in [2.05, 4.69) is 211 Å². The van der Waals surface area contributed by atoms with Gasteiger partial charge >= 0.3 is 0 Å². The van der Waals surface area contributed by atoms with Gasteiger partial charge in [-0.25, -0.2) is 0 Å². The van der Waals surface area contributed by atoms with Crippen molar-refractivity contribution in [1.29, 1.82) is 0 Å². The largest absolute Gasteiger partial charge is 0.456 e. The molecule has 3 nitrogen and oxygen atoms in total. The van der Waals surface area contributed by atoms with Crippen molar-refractivity contribution in [3.8, 4) is 22.3 Å². The van der Waals surface area contributed by atoms with Crippen LogP contribution in [0.3, 0.4) is 0 Å². The number of anilines is 3. The molecule has 13 rings (SSSR count). The number of para-hydroxylation sites is 3. The van der Waals surface area contributed by atoms with Crippen molar-refractivity contribution >= 4 is 71.7 Å². The molecule has 1 aliphatic carbocycles. The van der Waals surface area contributed by atoms with Crippen molar-refractivity contribution in [2.24, 2.45) is 0 Å². The van der Waals surface area contributed by atoms with E-state index in [1.165, 1.54) is 44.2 Å². The first kappa shape index (κ1) is 34.7. The molecule has 0 saturated heterocycles. The quantitative estimate of drug-likeness (QED) is 0.168. The molecule has 0 aliphatic heterocycles. The van der Waals surface area contributed by atoms with Gasteiger partial charge in [-0.3, -0.25) is 0 Å². The second-order valence-electron chi connectivity index (χ2n) is 16.4. The van der Waals surface area contributed by atoms with Crippen molar-refractivity contribution in [2.45, 2.75) is 5.41 Å². The van der Waals surface area contributed by atoms with E-state index in [1.54, 1.807) is 0 Å². The maximum absolute atomic E-state index is 6.63. The molecule has 0 fully saturated rings. The molecule has 0 bridgehead atoms. The Hall–Kier alpha value is -8.14. The van der Waals surface area contributed by atoms with Crippen LogP contribution in [0.1, 0.15) is 22.3 Å². The Balaban J connectivity index is 1.09. The number of furan rings is 2. The van der Waals surface area contributed by atoms with Gasteiger partial charge in [0, 0.05) is 43.9 Å². The van der Waals surface area contributed by atoms with Crippen LogP contribution in [-0.4, -0.2) is 0 Å². The molecular formula is C59H37NO2. The molecule has 0 amide bonds. The van der Waals surface area contributed by atoms with Crippen LogP contribution < -0.4 is 4.90 Å². The zero-order valence-corrected chi connectivity index (χ0v) is 33.6. The highest BCUT2D eigenvalue weighted by atomic mass is 16.3. The molecular weight excluding hydrogens is 755 g/mol. The van der Waals surface area contributed by atoms with Gasteiger partial charge in [0.05, 0.1) is 11.1 Å². The second kappa shape index (κ2) is 13.4. The molecule has 0 spiro atoms. The summed E-state index contributed by atoms with van der Waals surface area (Å²) in [5, 5.41) is 6.81. The summed E-state index contributed by atoms with van der Waals surface area (Å²) >= 11 is 0. The van der Waals surface area contributed by atoms with E-state index in [-0.39, 0.29) is 0 Å². The lowest BCUT2D eigenvalue weighted by Crippen LogP contribution is -2.28. The number of hydrogen-bond donors (Lipinski definition) is 0. The molecule has 10 aromatic carbocycles. The standard InChI is InChI=1S/C59H37NO2/c1-3-17-40(18-4-1)59(41-19-5-2-6-20-41)52-35-39(45-24-14-25-50-48-22-9-12-28-56(48)62-58(45)50)29-32-46(52)47-33-30-43(37-53(47)59)60(54-26-13-16-38-15-7-8-21-44(38)54)42-31-34-57-51(36-42)49-23-10-11-27-55(49)61-57/h1-37H. The summed E-state index contributed by atoms with van der Waals surface area (Å²) in [5.41, 5.74) is 15.7. The first-order valence-electron chi connectivity index (χ1n) is 21.2. The molecule has 0 unspecified atom stereocenters. The molecule has 12 aromatic rings. The van der Waals surface area contributed by atoms with Crippen LogP contribution in [0.5, 0.6) is 0 Å². The summed E-state index contributed by atoms with van der Waals surface area (Å²) in [4.78, 5) is 2.43. The maximum atomic E-state index is 6.63. The van der Waals surface area contributed by atoms with Gasteiger partial charge in [0.1, 0.15) is 22.3 Å². The van der Waals surface area contributed by atoms with Crippen molar-refractivity contribution < 1.29 is 8.83 Å². The van der Waals surface area contributed by atoms with Crippen LogP contribution in [0.2, 0.25) is 0 Å². The fourth-order valence-electron chi connectivity index (χ4n) is 10.4. The number of benzene rings is 10. The van der Waals surface area contributed by atoms with Crippen molar-refractivity contribution in [3.05, 3.63) is 247 Å². The van der Waals surface area contributed by atoms with Crippen LogP contribution in [0.25, 0.3) is 76.9 Å². The molecule has 0 radical (unpaired) electrons. The number of hydrogen-bond acceptors (Lipinski definition) is 3. The molecule has 0 N–H and O–H groups in total. The van der Waals surface area contributed by atoms with E-state index < -0.39 is 5.41 Å². The zero-order valence-electron chi connectivity index (χ0n) is 33.6. The van der Waals surface area contributed by atoms with Crippen molar-refractivity contribution in [1.82, 2.24) is 0 Å². The Kier molecular flexibility index (Phi) is 7.52. The summed E-state index contributed by atoms with van der Waals surface area (Å²) in [6, 6.07) is 81.3. The van der Waals surface area contributed by atoms with E-state index >= 15 is 0 Å². The van der Waals surface area contributed by atoms with Gasteiger partial charge in [-0.15, -0.1) is 0 Å². The van der Waals surface area contributed by atoms with E-state index in [1.807, 2.05) is 18.2 Å². The van der Waals surface area contributed by atoms with Crippen molar-refractivity contribution in [3.63, 3.8) is 0 Å². The lowest BCUT2D eigenvalue weighted by Gasteiger charge is -2.35. The lowest BCUT2D eigenvalue weighted by molar-refractivity contribution is 0.669. The van der Waals surface area contributed by atoms with Gasteiger partial charge in [0.2, 0.25) is 0 Å². The van der Waals surface area contributed by atoms with Gasteiger partial charge in [0.25, 0.3) is 0 Å². The summed E-state index contributed by atoms with van der Waals surface area (Å²) in [6.07, 6.45) is 0. The fraction of sp³-hybridized carbons (Fsp3) is 0.0169. The van der Waals surface area contributed by atoms with Crippen LogP contribution in [0.15, 0.2) is 233 Å². The minimum Gasteiger partial charge on any atom is -0.456 e. The average Bonchev–Trinajstić information content (AvgIpc) is 4.00. The maximum Gasteiger partial charge on any atom is 0.143 e. The molecule has 290 valence electrons. The number of rotatable bonds is 6. The molecule has 2 heterocycles. The predicted molar refractivity (Wildman–Crippen MR) is 256 cm³/mol. The monoisotopic (exact) mass is 791 g/mol. The van der Waals surface area contributed by atoms with Gasteiger partial charge in [-0.1, -0.05) is 170 Å².